The lowest BCUT2D eigenvalue weighted by Crippen LogP contribution is -2.40. The topological polar surface area (TPSA) is 97.3 Å². The van der Waals surface area contributed by atoms with Gasteiger partial charge in [-0.05, 0) is 37.8 Å². The molecule has 0 aliphatic heterocycles. The zero-order valence-corrected chi connectivity index (χ0v) is 16.1. The van der Waals surface area contributed by atoms with E-state index in [2.05, 4.69) is 20.6 Å². The summed E-state index contributed by atoms with van der Waals surface area (Å²) in [4.78, 5) is 19.8. The molecule has 154 valence electrons. The summed E-state index contributed by atoms with van der Waals surface area (Å²) in [6.07, 6.45) is -0.402. The highest BCUT2D eigenvalue weighted by Crippen LogP contribution is 2.30. The molecule has 1 fully saturated rings. The Labute approximate surface area is 168 Å². The fourth-order valence-corrected chi connectivity index (χ4v) is 4.05. The van der Waals surface area contributed by atoms with Gasteiger partial charge in [0.1, 0.15) is 17.2 Å². The number of fused-ring (bicyclic) bond motifs is 1. The summed E-state index contributed by atoms with van der Waals surface area (Å²) >= 11 is 1.22. The maximum Gasteiger partial charge on any atom is 0.434 e. The van der Waals surface area contributed by atoms with E-state index in [4.69, 9.17) is 5.73 Å². The van der Waals surface area contributed by atoms with Crippen LogP contribution in [0.3, 0.4) is 0 Å². The zero-order chi connectivity index (χ0) is 20.6. The van der Waals surface area contributed by atoms with Gasteiger partial charge < -0.3 is 16.4 Å². The number of carbonyl (C=O) groups is 1. The summed E-state index contributed by atoms with van der Waals surface area (Å²) in [7, 11) is 0. The normalized spacial score (nSPS) is 20.0. The standard InChI is InChI=1S/C18H19F3N6OS/c19-18(20,21)13-8-27-14(2-1-3-15(27)26-13)23-10-4-6-11(7-5-10)24-16(28)12-9-29-17(22)25-12/h1-3,8-11,23H,4-7H2,(H2,22,25)(H,24,28)/t10-,11+. The van der Waals surface area contributed by atoms with E-state index in [1.807, 2.05) is 0 Å². The summed E-state index contributed by atoms with van der Waals surface area (Å²) in [5, 5.41) is 8.25. The molecule has 3 heterocycles. The number of nitrogen functional groups attached to an aromatic ring is 1. The summed E-state index contributed by atoms with van der Waals surface area (Å²) in [5.74, 6) is 0.327. The number of hydrogen-bond acceptors (Lipinski definition) is 6. The zero-order valence-electron chi connectivity index (χ0n) is 15.2. The fraction of sp³-hybridized carbons (Fsp3) is 0.389. The molecule has 0 spiro atoms. The number of pyridine rings is 1. The summed E-state index contributed by atoms with van der Waals surface area (Å²) in [6, 6.07) is 5.08. The minimum absolute atomic E-state index is 0.0318. The van der Waals surface area contributed by atoms with Crippen LogP contribution < -0.4 is 16.4 Å². The Kier molecular flexibility index (Phi) is 5.07. The first kappa shape index (κ1) is 19.5. The number of nitrogens with two attached hydrogens (primary N) is 1. The number of imidazole rings is 1. The number of amides is 1. The number of alkyl halides is 3. The molecule has 0 aromatic carbocycles. The SMILES string of the molecule is Nc1nc(C(=O)N[C@H]2CC[C@@H](Nc3cccc4nc(C(F)(F)F)cn34)CC2)cs1. The van der Waals surface area contributed by atoms with Gasteiger partial charge in [-0.1, -0.05) is 6.07 Å². The van der Waals surface area contributed by atoms with Gasteiger partial charge in [-0.15, -0.1) is 11.3 Å². The van der Waals surface area contributed by atoms with E-state index in [-0.39, 0.29) is 23.6 Å². The number of halogens is 3. The van der Waals surface area contributed by atoms with E-state index >= 15 is 0 Å². The molecule has 0 bridgehead atoms. The van der Waals surface area contributed by atoms with Crippen LogP contribution in [0.1, 0.15) is 41.9 Å². The number of rotatable bonds is 4. The molecular formula is C18H19F3N6OS. The number of nitrogens with one attached hydrogen (secondary N) is 2. The lowest BCUT2D eigenvalue weighted by atomic mass is 9.91. The maximum atomic E-state index is 12.9. The second-order valence-corrected chi connectivity index (χ2v) is 7.89. The molecule has 0 radical (unpaired) electrons. The maximum absolute atomic E-state index is 12.9. The van der Waals surface area contributed by atoms with Crippen molar-refractivity contribution in [3.05, 3.63) is 41.2 Å². The van der Waals surface area contributed by atoms with Crippen molar-refractivity contribution in [3.63, 3.8) is 0 Å². The van der Waals surface area contributed by atoms with Gasteiger partial charge >= 0.3 is 6.18 Å². The number of thiazole rings is 1. The molecule has 11 heteroatoms. The second-order valence-electron chi connectivity index (χ2n) is 7.00. The lowest BCUT2D eigenvalue weighted by Gasteiger charge is -2.30. The van der Waals surface area contributed by atoms with Crippen molar-refractivity contribution in [2.45, 2.75) is 43.9 Å². The van der Waals surface area contributed by atoms with Crippen LogP contribution in [0.2, 0.25) is 0 Å². The third-order valence-corrected chi connectivity index (χ3v) is 5.63. The van der Waals surface area contributed by atoms with Crippen LogP contribution in [0.25, 0.3) is 5.65 Å². The number of carbonyl (C=O) groups excluding carboxylic acids is 1. The average Bonchev–Trinajstić information content (AvgIpc) is 3.30. The summed E-state index contributed by atoms with van der Waals surface area (Å²) in [6.45, 7) is 0. The molecule has 0 atom stereocenters. The van der Waals surface area contributed by atoms with Crippen LogP contribution in [-0.4, -0.2) is 32.4 Å². The van der Waals surface area contributed by atoms with Crippen LogP contribution in [0.15, 0.2) is 29.8 Å². The van der Waals surface area contributed by atoms with Crippen molar-refractivity contribution in [1.29, 1.82) is 0 Å². The Hall–Kier alpha value is -2.82. The smallest absolute Gasteiger partial charge is 0.375 e. The Morgan fingerprint density at radius 3 is 2.55 bits per heavy atom. The highest BCUT2D eigenvalue weighted by molar-refractivity contribution is 7.13. The molecule has 1 saturated carbocycles. The predicted molar refractivity (Wildman–Crippen MR) is 104 cm³/mol. The van der Waals surface area contributed by atoms with E-state index in [1.54, 1.807) is 17.5 Å². The Bertz CT molecular complexity index is 1020. The van der Waals surface area contributed by atoms with Crippen molar-refractivity contribution < 1.29 is 18.0 Å². The molecular weight excluding hydrogens is 405 g/mol. The van der Waals surface area contributed by atoms with Crippen molar-refractivity contribution in [1.82, 2.24) is 19.7 Å². The summed E-state index contributed by atoms with van der Waals surface area (Å²) < 4.78 is 40.3. The van der Waals surface area contributed by atoms with E-state index in [0.717, 1.165) is 31.9 Å². The summed E-state index contributed by atoms with van der Waals surface area (Å²) in [5.41, 5.74) is 5.20. The fourth-order valence-electron chi connectivity index (χ4n) is 3.51. The molecule has 1 aliphatic rings. The van der Waals surface area contributed by atoms with Gasteiger partial charge in [0, 0.05) is 23.7 Å². The van der Waals surface area contributed by atoms with Gasteiger partial charge in [-0.25, -0.2) is 9.97 Å². The first-order valence-corrected chi connectivity index (χ1v) is 10.0. The molecule has 3 aromatic rings. The van der Waals surface area contributed by atoms with E-state index in [0.29, 0.717) is 16.6 Å². The molecule has 29 heavy (non-hydrogen) atoms. The minimum Gasteiger partial charge on any atom is -0.375 e. The molecule has 4 N–H and O–H groups in total. The third kappa shape index (κ3) is 4.29. The molecule has 7 nitrogen and oxygen atoms in total. The van der Waals surface area contributed by atoms with Gasteiger partial charge in [0.05, 0.1) is 0 Å². The molecule has 4 rings (SSSR count). The van der Waals surface area contributed by atoms with Gasteiger partial charge in [0.25, 0.3) is 5.91 Å². The number of anilines is 2. The van der Waals surface area contributed by atoms with Gasteiger partial charge in [-0.3, -0.25) is 9.20 Å². The number of hydrogen-bond donors (Lipinski definition) is 3. The Morgan fingerprint density at radius 1 is 1.17 bits per heavy atom. The van der Waals surface area contributed by atoms with Gasteiger partial charge in [-0.2, -0.15) is 13.2 Å². The van der Waals surface area contributed by atoms with Gasteiger partial charge in [0.2, 0.25) is 0 Å². The number of nitrogens with zero attached hydrogens (tertiary/aromatic N) is 3. The van der Waals surface area contributed by atoms with Crippen LogP contribution >= 0.6 is 11.3 Å². The third-order valence-electron chi connectivity index (χ3n) is 4.95. The van der Waals surface area contributed by atoms with E-state index < -0.39 is 11.9 Å². The van der Waals surface area contributed by atoms with Crippen molar-refractivity contribution >= 4 is 33.8 Å². The van der Waals surface area contributed by atoms with Crippen molar-refractivity contribution in [2.75, 3.05) is 11.1 Å². The van der Waals surface area contributed by atoms with E-state index in [9.17, 15) is 18.0 Å². The lowest BCUT2D eigenvalue weighted by molar-refractivity contribution is -0.140. The molecule has 3 aromatic heterocycles. The van der Waals surface area contributed by atoms with Crippen LogP contribution in [0.5, 0.6) is 0 Å². The minimum atomic E-state index is -4.48. The average molecular weight is 424 g/mol. The molecule has 1 aliphatic carbocycles. The molecule has 1 amide bonds. The van der Waals surface area contributed by atoms with Crippen LogP contribution in [0.4, 0.5) is 24.1 Å². The highest BCUT2D eigenvalue weighted by atomic mass is 32.1. The van der Waals surface area contributed by atoms with Gasteiger partial charge in [0.15, 0.2) is 10.8 Å². The monoisotopic (exact) mass is 424 g/mol. The van der Waals surface area contributed by atoms with Crippen molar-refractivity contribution in [2.24, 2.45) is 0 Å². The van der Waals surface area contributed by atoms with Crippen LogP contribution in [-0.2, 0) is 6.18 Å². The van der Waals surface area contributed by atoms with Crippen molar-refractivity contribution in [3.8, 4) is 0 Å². The molecule has 0 saturated heterocycles. The quantitative estimate of drug-likeness (QED) is 0.595. The molecule has 0 unspecified atom stereocenters. The second kappa shape index (κ2) is 7.54. The largest absolute Gasteiger partial charge is 0.434 e. The predicted octanol–water partition coefficient (Wildman–Crippen LogP) is 3.54. The highest BCUT2D eigenvalue weighted by Gasteiger charge is 2.34. The first-order valence-electron chi connectivity index (χ1n) is 9.13. The van der Waals surface area contributed by atoms with Crippen LogP contribution in [0, 0.1) is 0 Å². The van der Waals surface area contributed by atoms with E-state index in [1.165, 1.54) is 21.8 Å². The Morgan fingerprint density at radius 2 is 1.90 bits per heavy atom. The number of aromatic nitrogens is 3. The first-order chi connectivity index (χ1) is 13.8. The Balaban J connectivity index is 1.37.